The van der Waals surface area contributed by atoms with Crippen LogP contribution >= 0.6 is 11.8 Å². The highest BCUT2D eigenvalue weighted by molar-refractivity contribution is 7.99. The predicted octanol–water partition coefficient (Wildman–Crippen LogP) is 1.61. The van der Waals surface area contributed by atoms with E-state index in [0.717, 1.165) is 18.5 Å². The summed E-state index contributed by atoms with van der Waals surface area (Å²) in [7, 11) is 0. The van der Waals surface area contributed by atoms with Crippen molar-refractivity contribution in [3.8, 4) is 5.69 Å². The topological polar surface area (TPSA) is 116 Å². The highest BCUT2D eigenvalue weighted by atomic mass is 32.2. The number of ketones is 1. The molecule has 2 heterocycles. The van der Waals surface area contributed by atoms with Crippen LogP contribution in [0.2, 0.25) is 0 Å². The molecule has 1 aliphatic rings. The summed E-state index contributed by atoms with van der Waals surface area (Å²) < 4.78 is 3.17. The fourth-order valence-corrected chi connectivity index (χ4v) is 3.76. The number of imidazole rings is 1. The summed E-state index contributed by atoms with van der Waals surface area (Å²) in [6, 6.07) is 9.57. The summed E-state index contributed by atoms with van der Waals surface area (Å²) in [6.45, 7) is 0. The number of nitrogens with zero attached hydrogens (tertiary/aromatic N) is 3. The summed E-state index contributed by atoms with van der Waals surface area (Å²) >= 11 is 1.21. The molecule has 4 rings (SSSR count). The Morgan fingerprint density at radius 1 is 1.26 bits per heavy atom. The minimum atomic E-state index is -0.744. The second-order valence-electron chi connectivity index (χ2n) is 6.25. The molecule has 0 saturated heterocycles. The van der Waals surface area contributed by atoms with E-state index in [1.807, 2.05) is 34.9 Å². The number of hydrogen-bond donors (Lipinski definition) is 2. The van der Waals surface area contributed by atoms with E-state index >= 15 is 0 Å². The number of nitrogens with two attached hydrogens (primary N) is 1. The van der Waals surface area contributed by atoms with Crippen molar-refractivity contribution in [1.82, 2.24) is 19.1 Å². The average molecular weight is 383 g/mol. The van der Waals surface area contributed by atoms with Crippen molar-refractivity contribution >= 4 is 23.4 Å². The average Bonchev–Trinajstić information content (AvgIpc) is 3.36. The van der Waals surface area contributed by atoms with Crippen molar-refractivity contribution in [2.45, 2.75) is 24.0 Å². The van der Waals surface area contributed by atoms with Crippen molar-refractivity contribution in [2.75, 3.05) is 11.5 Å². The number of nitrogens with one attached hydrogen (secondary N) is 1. The Morgan fingerprint density at radius 2 is 2.00 bits per heavy atom. The molecule has 0 atom stereocenters. The molecular weight excluding hydrogens is 366 g/mol. The summed E-state index contributed by atoms with van der Waals surface area (Å²) in [5, 5.41) is 0.625. The van der Waals surface area contributed by atoms with E-state index in [0.29, 0.717) is 5.16 Å². The van der Waals surface area contributed by atoms with Crippen molar-refractivity contribution in [1.29, 1.82) is 0 Å². The van der Waals surface area contributed by atoms with Crippen LogP contribution in [-0.4, -0.2) is 30.6 Å². The molecule has 0 amide bonds. The van der Waals surface area contributed by atoms with E-state index in [1.165, 1.54) is 16.3 Å². The van der Waals surface area contributed by atoms with Gasteiger partial charge in [0.05, 0.1) is 5.75 Å². The summed E-state index contributed by atoms with van der Waals surface area (Å²) in [5.41, 5.74) is 5.44. The van der Waals surface area contributed by atoms with Crippen molar-refractivity contribution in [3.05, 3.63) is 69.1 Å². The van der Waals surface area contributed by atoms with Gasteiger partial charge in [0.15, 0.2) is 10.9 Å². The molecule has 9 heteroatoms. The number of aromatic nitrogens is 4. The maximum Gasteiger partial charge on any atom is 0.330 e. The molecule has 1 saturated carbocycles. The van der Waals surface area contributed by atoms with Crippen LogP contribution in [0.25, 0.3) is 5.69 Å². The molecule has 1 aliphatic carbocycles. The zero-order chi connectivity index (χ0) is 19.0. The van der Waals surface area contributed by atoms with Crippen molar-refractivity contribution < 1.29 is 4.79 Å². The number of carbonyl (C=O) groups is 1. The smallest absolute Gasteiger partial charge is 0.330 e. The van der Waals surface area contributed by atoms with E-state index in [9.17, 15) is 14.4 Å². The molecule has 3 aromatic rings. The number of anilines is 1. The maximum absolute atomic E-state index is 12.7. The number of aromatic amines is 1. The van der Waals surface area contributed by atoms with Gasteiger partial charge in [-0.2, -0.15) is 0 Å². The first-order valence-corrected chi connectivity index (χ1v) is 9.44. The monoisotopic (exact) mass is 383 g/mol. The molecule has 0 aliphatic heterocycles. The lowest BCUT2D eigenvalue weighted by atomic mass is 10.2. The third kappa shape index (κ3) is 3.33. The number of hydrogen-bond acceptors (Lipinski definition) is 6. The number of H-pyrrole nitrogens is 1. The molecular formula is C18H17N5O3S. The third-order valence-electron chi connectivity index (χ3n) is 4.35. The van der Waals surface area contributed by atoms with Gasteiger partial charge in [-0.15, -0.1) is 0 Å². The number of thioether (sulfide) groups is 1. The molecule has 0 radical (unpaired) electrons. The van der Waals surface area contributed by atoms with Crippen LogP contribution in [0, 0.1) is 0 Å². The number of nitrogen functional groups attached to an aromatic ring is 1. The lowest BCUT2D eigenvalue weighted by molar-refractivity contribution is 0.102. The standard InChI is InChI=1S/C18H17N5O3S/c19-15-14(16(25)21-17(26)23(15)12-6-7-12)13(24)10-27-18-20-8-9-22(18)11-4-2-1-3-5-11/h1-5,8-9,12H,6-7,10,19H2,(H,21,25,26). The summed E-state index contributed by atoms with van der Waals surface area (Å²) in [5.74, 6) is -0.501. The molecule has 2 aromatic heterocycles. The Balaban J connectivity index is 1.58. The van der Waals surface area contributed by atoms with Gasteiger partial charge in [-0.1, -0.05) is 30.0 Å². The highest BCUT2D eigenvalue weighted by Crippen LogP contribution is 2.35. The zero-order valence-electron chi connectivity index (χ0n) is 14.3. The summed E-state index contributed by atoms with van der Waals surface area (Å²) in [6.07, 6.45) is 5.07. The van der Waals surface area contributed by atoms with E-state index in [-0.39, 0.29) is 23.2 Å². The Hall–Kier alpha value is -3.07. The largest absolute Gasteiger partial charge is 0.384 e. The molecule has 8 nitrogen and oxygen atoms in total. The SMILES string of the molecule is Nc1c(C(=O)CSc2nccn2-c2ccccc2)c(=O)[nH]c(=O)n1C1CC1. The van der Waals surface area contributed by atoms with Gasteiger partial charge in [0, 0.05) is 24.1 Å². The molecule has 0 bridgehead atoms. The fraction of sp³-hybridized carbons (Fsp3) is 0.222. The zero-order valence-corrected chi connectivity index (χ0v) is 15.1. The van der Waals surface area contributed by atoms with E-state index < -0.39 is 17.0 Å². The molecule has 1 aromatic carbocycles. The number of Topliss-reactive ketones (excluding diaryl/α,β-unsaturated/α-hetero) is 1. The molecule has 27 heavy (non-hydrogen) atoms. The van der Waals surface area contributed by atoms with Crippen LogP contribution < -0.4 is 17.0 Å². The lowest BCUT2D eigenvalue weighted by Gasteiger charge is -2.11. The molecule has 3 N–H and O–H groups in total. The predicted molar refractivity (Wildman–Crippen MR) is 103 cm³/mol. The van der Waals surface area contributed by atoms with Crippen LogP contribution in [0.5, 0.6) is 0 Å². The van der Waals surface area contributed by atoms with Crippen LogP contribution in [-0.2, 0) is 0 Å². The van der Waals surface area contributed by atoms with Gasteiger partial charge in [0.2, 0.25) is 0 Å². The molecule has 1 fully saturated rings. The minimum Gasteiger partial charge on any atom is -0.384 e. The van der Waals surface area contributed by atoms with Gasteiger partial charge in [-0.25, -0.2) is 9.78 Å². The highest BCUT2D eigenvalue weighted by Gasteiger charge is 2.30. The van der Waals surface area contributed by atoms with Gasteiger partial charge >= 0.3 is 5.69 Å². The van der Waals surface area contributed by atoms with Crippen LogP contribution in [0.1, 0.15) is 29.2 Å². The Labute approximate surface area is 158 Å². The number of benzene rings is 1. The quantitative estimate of drug-likeness (QED) is 0.494. The normalized spacial score (nSPS) is 13.6. The van der Waals surface area contributed by atoms with Gasteiger partial charge in [0.25, 0.3) is 5.56 Å². The van der Waals surface area contributed by atoms with Crippen molar-refractivity contribution in [2.24, 2.45) is 0 Å². The first-order valence-electron chi connectivity index (χ1n) is 8.45. The molecule has 0 spiro atoms. The van der Waals surface area contributed by atoms with Gasteiger partial charge < -0.3 is 5.73 Å². The van der Waals surface area contributed by atoms with Crippen LogP contribution in [0.15, 0.2) is 57.5 Å². The van der Waals surface area contributed by atoms with E-state index in [1.54, 1.807) is 12.4 Å². The molecule has 138 valence electrons. The van der Waals surface area contributed by atoms with Crippen LogP contribution in [0.3, 0.4) is 0 Å². The second-order valence-corrected chi connectivity index (χ2v) is 7.19. The Kier molecular flexibility index (Phi) is 4.44. The van der Waals surface area contributed by atoms with Gasteiger partial charge in [0.1, 0.15) is 11.4 Å². The Bertz CT molecular complexity index is 1110. The third-order valence-corrected chi connectivity index (χ3v) is 5.31. The lowest BCUT2D eigenvalue weighted by Crippen LogP contribution is -2.36. The van der Waals surface area contributed by atoms with E-state index in [4.69, 9.17) is 5.73 Å². The van der Waals surface area contributed by atoms with E-state index in [2.05, 4.69) is 9.97 Å². The van der Waals surface area contributed by atoms with Crippen molar-refractivity contribution in [3.63, 3.8) is 0 Å². The Morgan fingerprint density at radius 3 is 2.70 bits per heavy atom. The first-order chi connectivity index (χ1) is 13.1. The minimum absolute atomic E-state index is 0.0139. The number of para-hydroxylation sites is 1. The van der Waals surface area contributed by atoms with Crippen LogP contribution in [0.4, 0.5) is 5.82 Å². The molecule has 0 unspecified atom stereocenters. The second kappa shape index (κ2) is 6.92. The maximum atomic E-state index is 12.7. The first kappa shape index (κ1) is 17.3. The summed E-state index contributed by atoms with van der Waals surface area (Å²) in [4.78, 5) is 43.2. The fourth-order valence-electron chi connectivity index (χ4n) is 2.91. The number of carbonyl (C=O) groups excluding carboxylic acids is 1. The van der Waals surface area contributed by atoms with Gasteiger partial charge in [-0.05, 0) is 25.0 Å². The number of rotatable bonds is 6. The van der Waals surface area contributed by atoms with Gasteiger partial charge in [-0.3, -0.25) is 23.7 Å².